The Morgan fingerprint density at radius 1 is 1.14 bits per heavy atom. The third-order valence-corrected chi connectivity index (χ3v) is 5.52. The highest BCUT2D eigenvalue weighted by Gasteiger charge is 2.16. The number of aryl methyl sites for hydroxylation is 1. The summed E-state index contributed by atoms with van der Waals surface area (Å²) in [5.74, 6) is 0. The first kappa shape index (κ1) is 16.3. The Hall–Kier alpha value is -1.05. The SMILES string of the molecule is CCc1cc(Br)ccc1NS(=O)(=O)c1ccc(N)c(Br)c1. The minimum Gasteiger partial charge on any atom is -0.398 e. The fraction of sp³-hybridized carbons (Fsp3) is 0.143. The van der Waals surface area contributed by atoms with Crippen LogP contribution in [-0.4, -0.2) is 8.42 Å². The van der Waals surface area contributed by atoms with E-state index in [2.05, 4.69) is 36.6 Å². The van der Waals surface area contributed by atoms with Crippen molar-refractivity contribution in [3.05, 3.63) is 50.9 Å². The van der Waals surface area contributed by atoms with Gasteiger partial charge in [0.15, 0.2) is 0 Å². The number of nitrogen functional groups attached to an aromatic ring is 1. The molecular formula is C14H14Br2N2O2S. The highest BCUT2D eigenvalue weighted by Crippen LogP contribution is 2.27. The monoisotopic (exact) mass is 432 g/mol. The molecule has 2 rings (SSSR count). The molecule has 0 radical (unpaired) electrons. The molecule has 7 heteroatoms. The van der Waals surface area contributed by atoms with Gasteiger partial charge in [0.1, 0.15) is 0 Å². The molecule has 0 unspecified atom stereocenters. The first-order chi connectivity index (χ1) is 9.83. The summed E-state index contributed by atoms with van der Waals surface area (Å²) in [7, 11) is -3.65. The minimum atomic E-state index is -3.65. The number of sulfonamides is 1. The van der Waals surface area contributed by atoms with Gasteiger partial charge in [0.05, 0.1) is 10.6 Å². The largest absolute Gasteiger partial charge is 0.398 e. The Balaban J connectivity index is 2.39. The van der Waals surface area contributed by atoms with Crippen LogP contribution in [0.5, 0.6) is 0 Å². The van der Waals surface area contributed by atoms with Gasteiger partial charge in [0.2, 0.25) is 0 Å². The van der Waals surface area contributed by atoms with Gasteiger partial charge in [-0.3, -0.25) is 4.72 Å². The number of nitrogens with one attached hydrogen (secondary N) is 1. The number of anilines is 2. The van der Waals surface area contributed by atoms with Crippen LogP contribution in [-0.2, 0) is 16.4 Å². The smallest absolute Gasteiger partial charge is 0.261 e. The van der Waals surface area contributed by atoms with Crippen molar-refractivity contribution in [1.82, 2.24) is 0 Å². The van der Waals surface area contributed by atoms with E-state index in [1.165, 1.54) is 12.1 Å². The number of hydrogen-bond acceptors (Lipinski definition) is 3. The van der Waals surface area contributed by atoms with Gasteiger partial charge in [0, 0.05) is 14.6 Å². The second-order valence-corrected chi connectivity index (χ2v) is 7.90. The number of benzene rings is 2. The number of hydrogen-bond donors (Lipinski definition) is 2. The Bertz CT molecular complexity index is 777. The van der Waals surface area contributed by atoms with E-state index in [1.807, 2.05) is 13.0 Å². The molecule has 0 amide bonds. The Kier molecular flexibility index (Phi) is 4.95. The van der Waals surface area contributed by atoms with Gasteiger partial charge in [0.25, 0.3) is 10.0 Å². The Morgan fingerprint density at radius 3 is 2.48 bits per heavy atom. The molecule has 3 N–H and O–H groups in total. The molecule has 0 saturated heterocycles. The van der Waals surface area contributed by atoms with E-state index in [1.54, 1.807) is 18.2 Å². The fourth-order valence-corrected chi connectivity index (χ4v) is 3.90. The second kappa shape index (κ2) is 6.37. The van der Waals surface area contributed by atoms with Crippen LogP contribution < -0.4 is 10.5 Å². The average molecular weight is 434 g/mol. The third kappa shape index (κ3) is 3.78. The van der Waals surface area contributed by atoms with Crippen LogP contribution >= 0.6 is 31.9 Å². The van der Waals surface area contributed by atoms with Crippen LogP contribution in [0.2, 0.25) is 0 Å². The van der Waals surface area contributed by atoms with Crippen molar-refractivity contribution in [3.63, 3.8) is 0 Å². The summed E-state index contributed by atoms with van der Waals surface area (Å²) in [6.07, 6.45) is 0.725. The maximum absolute atomic E-state index is 12.4. The average Bonchev–Trinajstić information content (AvgIpc) is 2.43. The summed E-state index contributed by atoms with van der Waals surface area (Å²) in [5, 5.41) is 0. The van der Waals surface area contributed by atoms with Crippen LogP contribution in [0.4, 0.5) is 11.4 Å². The van der Waals surface area contributed by atoms with Crippen LogP contribution in [0.25, 0.3) is 0 Å². The maximum Gasteiger partial charge on any atom is 0.261 e. The Labute approximate surface area is 141 Å². The topological polar surface area (TPSA) is 72.2 Å². The zero-order valence-corrected chi connectivity index (χ0v) is 15.2. The van der Waals surface area contributed by atoms with Crippen LogP contribution in [0.1, 0.15) is 12.5 Å². The summed E-state index contributed by atoms with van der Waals surface area (Å²) in [6.45, 7) is 1.97. The summed E-state index contributed by atoms with van der Waals surface area (Å²) in [6, 6.07) is 9.97. The number of nitrogens with two attached hydrogens (primary N) is 1. The molecule has 4 nitrogen and oxygen atoms in total. The lowest BCUT2D eigenvalue weighted by atomic mass is 10.1. The predicted octanol–water partition coefficient (Wildman–Crippen LogP) is 4.16. The zero-order chi connectivity index (χ0) is 15.6. The molecule has 0 atom stereocenters. The standard InChI is InChI=1S/C14H14Br2N2O2S/c1-2-9-7-10(15)3-6-14(9)18-21(19,20)11-4-5-13(17)12(16)8-11/h3-8,18H,2,17H2,1H3. The normalized spacial score (nSPS) is 11.4. The molecular weight excluding hydrogens is 420 g/mol. The van der Waals surface area contributed by atoms with E-state index in [0.717, 1.165) is 16.5 Å². The van der Waals surface area contributed by atoms with Crippen molar-refractivity contribution in [1.29, 1.82) is 0 Å². The van der Waals surface area contributed by atoms with E-state index in [9.17, 15) is 8.42 Å². The molecule has 0 aliphatic heterocycles. The Morgan fingerprint density at radius 2 is 1.86 bits per heavy atom. The first-order valence-corrected chi connectivity index (χ1v) is 9.26. The van der Waals surface area contributed by atoms with Crippen molar-refractivity contribution >= 4 is 53.3 Å². The summed E-state index contributed by atoms with van der Waals surface area (Å²) < 4.78 is 29.0. The lowest BCUT2D eigenvalue weighted by molar-refractivity contribution is 0.601. The van der Waals surface area contributed by atoms with Gasteiger partial charge in [-0.1, -0.05) is 22.9 Å². The molecule has 0 heterocycles. The second-order valence-electron chi connectivity index (χ2n) is 4.44. The minimum absolute atomic E-state index is 0.161. The zero-order valence-electron chi connectivity index (χ0n) is 11.2. The molecule has 0 aromatic heterocycles. The molecule has 0 saturated carbocycles. The van der Waals surface area contributed by atoms with Gasteiger partial charge < -0.3 is 5.73 Å². The van der Waals surface area contributed by atoms with Gasteiger partial charge in [-0.15, -0.1) is 0 Å². The van der Waals surface area contributed by atoms with Crippen molar-refractivity contribution in [2.45, 2.75) is 18.2 Å². The van der Waals surface area contributed by atoms with Gasteiger partial charge in [-0.05, 0) is 64.3 Å². The lowest BCUT2D eigenvalue weighted by Crippen LogP contribution is -2.14. The summed E-state index contributed by atoms with van der Waals surface area (Å²) in [5.41, 5.74) is 7.67. The number of rotatable bonds is 4. The molecule has 0 aliphatic rings. The van der Waals surface area contributed by atoms with Crippen LogP contribution in [0, 0.1) is 0 Å². The van der Waals surface area contributed by atoms with E-state index in [-0.39, 0.29) is 4.90 Å². The predicted molar refractivity (Wildman–Crippen MR) is 92.9 cm³/mol. The van der Waals surface area contributed by atoms with Crippen molar-refractivity contribution in [3.8, 4) is 0 Å². The first-order valence-electron chi connectivity index (χ1n) is 6.19. The summed E-state index contributed by atoms with van der Waals surface area (Å²) in [4.78, 5) is 0.161. The highest BCUT2D eigenvalue weighted by atomic mass is 79.9. The fourth-order valence-electron chi connectivity index (χ4n) is 1.83. The highest BCUT2D eigenvalue weighted by molar-refractivity contribution is 9.10. The number of halogens is 2. The molecule has 0 spiro atoms. The van der Waals surface area contributed by atoms with Crippen molar-refractivity contribution in [2.75, 3.05) is 10.5 Å². The van der Waals surface area contributed by atoms with E-state index < -0.39 is 10.0 Å². The maximum atomic E-state index is 12.4. The lowest BCUT2D eigenvalue weighted by Gasteiger charge is -2.13. The van der Waals surface area contributed by atoms with Crippen molar-refractivity contribution < 1.29 is 8.42 Å². The van der Waals surface area contributed by atoms with Gasteiger partial charge >= 0.3 is 0 Å². The van der Waals surface area contributed by atoms with Crippen molar-refractivity contribution in [2.24, 2.45) is 0 Å². The van der Waals surface area contributed by atoms with Gasteiger partial charge in [-0.25, -0.2) is 8.42 Å². The van der Waals surface area contributed by atoms with Crippen LogP contribution in [0.15, 0.2) is 50.2 Å². The molecule has 112 valence electrons. The third-order valence-electron chi connectivity index (χ3n) is 2.97. The van der Waals surface area contributed by atoms with E-state index in [0.29, 0.717) is 15.8 Å². The molecule has 0 fully saturated rings. The molecule has 21 heavy (non-hydrogen) atoms. The molecule has 0 bridgehead atoms. The van der Waals surface area contributed by atoms with E-state index >= 15 is 0 Å². The molecule has 2 aromatic carbocycles. The van der Waals surface area contributed by atoms with Gasteiger partial charge in [-0.2, -0.15) is 0 Å². The van der Waals surface area contributed by atoms with Crippen LogP contribution in [0.3, 0.4) is 0 Å². The molecule has 0 aliphatic carbocycles. The summed E-state index contributed by atoms with van der Waals surface area (Å²) >= 11 is 6.62. The van der Waals surface area contributed by atoms with E-state index in [4.69, 9.17) is 5.73 Å². The molecule has 2 aromatic rings. The quantitative estimate of drug-likeness (QED) is 0.711.